The maximum absolute atomic E-state index is 12.8. The molecule has 0 spiro atoms. The van der Waals surface area contributed by atoms with Gasteiger partial charge in [0.15, 0.2) is 0 Å². The van der Waals surface area contributed by atoms with Crippen LogP contribution in [0.2, 0.25) is 10.0 Å². The number of benzene rings is 2. The first-order chi connectivity index (χ1) is 17.1. The number of nitrogens with one attached hydrogen (secondary N) is 1. The first-order valence-electron chi connectivity index (χ1n) is 12.6. The predicted molar refractivity (Wildman–Crippen MR) is 140 cm³/mol. The van der Waals surface area contributed by atoms with Gasteiger partial charge in [-0.05, 0) is 67.9 Å². The molecule has 3 aromatic rings. The van der Waals surface area contributed by atoms with Crippen molar-refractivity contribution in [2.24, 2.45) is 11.8 Å². The molecule has 3 aliphatic rings. The number of anilines is 1. The first-order valence-corrected chi connectivity index (χ1v) is 13.4. The normalized spacial score (nSPS) is 21.1. The van der Waals surface area contributed by atoms with Gasteiger partial charge >= 0.3 is 0 Å². The Morgan fingerprint density at radius 3 is 2.46 bits per heavy atom. The quantitative estimate of drug-likeness (QED) is 0.468. The van der Waals surface area contributed by atoms with Gasteiger partial charge in [-0.15, -0.1) is 0 Å². The zero-order chi connectivity index (χ0) is 23.9. The topological polar surface area (TPSA) is 59.4 Å². The van der Waals surface area contributed by atoms with Crippen LogP contribution >= 0.6 is 23.2 Å². The number of halogens is 2. The average molecular weight is 513 g/mol. The molecule has 1 atom stereocenters. The van der Waals surface area contributed by atoms with Crippen LogP contribution in [0, 0.1) is 11.8 Å². The second kappa shape index (κ2) is 9.64. The molecular formula is C27H30Cl2N4O2. The van der Waals surface area contributed by atoms with E-state index in [1.165, 1.54) is 18.4 Å². The zero-order valence-electron chi connectivity index (χ0n) is 19.7. The number of hydrogen-bond donors (Lipinski definition) is 1. The van der Waals surface area contributed by atoms with Crippen molar-refractivity contribution in [3.05, 3.63) is 52.0 Å². The summed E-state index contributed by atoms with van der Waals surface area (Å²) in [5.74, 6) is 2.23. The number of carbonyl (C=O) groups excluding carboxylic acids is 1. The van der Waals surface area contributed by atoms with Crippen molar-refractivity contribution in [2.75, 3.05) is 37.7 Å². The van der Waals surface area contributed by atoms with Crippen LogP contribution in [-0.4, -0.2) is 48.3 Å². The van der Waals surface area contributed by atoms with Crippen LogP contribution in [0.3, 0.4) is 0 Å². The molecule has 0 bridgehead atoms. The molecule has 35 heavy (non-hydrogen) atoms. The van der Waals surface area contributed by atoms with Crippen molar-refractivity contribution in [1.82, 2.24) is 14.9 Å². The maximum Gasteiger partial charge on any atom is 0.223 e. The van der Waals surface area contributed by atoms with E-state index in [0.717, 1.165) is 68.2 Å². The number of piperidine rings is 1. The molecule has 3 fully saturated rings. The van der Waals surface area contributed by atoms with E-state index in [9.17, 15) is 4.79 Å². The van der Waals surface area contributed by atoms with Crippen molar-refractivity contribution in [3.63, 3.8) is 0 Å². The van der Waals surface area contributed by atoms with Gasteiger partial charge in [0.25, 0.3) is 0 Å². The highest BCUT2D eigenvalue weighted by Gasteiger charge is 2.29. The monoisotopic (exact) mass is 512 g/mol. The summed E-state index contributed by atoms with van der Waals surface area (Å²) in [5, 5.41) is 4.17. The van der Waals surface area contributed by atoms with Gasteiger partial charge in [0.05, 0.1) is 27.7 Å². The first kappa shape index (κ1) is 23.1. The molecule has 0 radical (unpaired) electrons. The number of imidazole rings is 1. The van der Waals surface area contributed by atoms with Crippen molar-refractivity contribution in [3.8, 4) is 5.69 Å². The second-order valence-corrected chi connectivity index (χ2v) is 10.9. The fraction of sp³-hybridized carbons (Fsp3) is 0.481. The molecule has 1 amide bonds. The number of ether oxygens (including phenoxy) is 1. The van der Waals surface area contributed by atoms with Crippen LogP contribution in [0.25, 0.3) is 16.7 Å². The molecule has 8 heteroatoms. The van der Waals surface area contributed by atoms with Gasteiger partial charge in [-0.25, -0.2) is 4.98 Å². The molecule has 1 aromatic heterocycles. The molecular weight excluding hydrogens is 483 g/mol. The second-order valence-electron chi connectivity index (χ2n) is 10.1. The highest BCUT2D eigenvalue weighted by Crippen LogP contribution is 2.41. The minimum atomic E-state index is 0.0353. The minimum absolute atomic E-state index is 0.0353. The molecule has 1 unspecified atom stereocenters. The molecule has 6 nitrogen and oxygen atoms in total. The van der Waals surface area contributed by atoms with Crippen molar-refractivity contribution < 1.29 is 9.53 Å². The summed E-state index contributed by atoms with van der Waals surface area (Å²) in [6, 6.07) is 12.5. The van der Waals surface area contributed by atoms with Gasteiger partial charge in [-0.3, -0.25) is 9.36 Å². The minimum Gasteiger partial charge on any atom is -0.381 e. The third-order valence-corrected chi connectivity index (χ3v) is 8.34. The molecule has 3 heterocycles. The van der Waals surface area contributed by atoms with Crippen LogP contribution in [-0.2, 0) is 9.53 Å². The van der Waals surface area contributed by atoms with Gasteiger partial charge < -0.3 is 15.0 Å². The highest BCUT2D eigenvalue weighted by atomic mass is 35.5. The molecule has 6 rings (SSSR count). The average Bonchev–Trinajstić information content (AvgIpc) is 3.48. The Labute approximate surface area is 215 Å². The summed E-state index contributed by atoms with van der Waals surface area (Å²) in [5.41, 5.74) is 4.22. The number of hydrogen-bond acceptors (Lipinski definition) is 4. The third-order valence-electron chi connectivity index (χ3n) is 7.62. The van der Waals surface area contributed by atoms with Gasteiger partial charge in [0.2, 0.25) is 11.9 Å². The zero-order valence-corrected chi connectivity index (χ0v) is 21.2. The largest absolute Gasteiger partial charge is 0.381 e. The standard InChI is InChI=1S/C27H30Cl2N4O2/c28-22-13-24-25(14-23(22)29)33(21-5-3-19(4-6-21)18-1-2-18)27(31-24)32-10-7-20(8-11-32)26(34)30-15-17-9-12-35-16-17/h3-6,13-14,17-18,20H,1-2,7-12,15-16H2,(H,30,34). The Morgan fingerprint density at radius 2 is 1.77 bits per heavy atom. The molecule has 2 aromatic carbocycles. The lowest BCUT2D eigenvalue weighted by molar-refractivity contribution is -0.125. The summed E-state index contributed by atoms with van der Waals surface area (Å²) < 4.78 is 7.60. The fourth-order valence-corrected chi connectivity index (χ4v) is 5.63. The summed E-state index contributed by atoms with van der Waals surface area (Å²) in [6.45, 7) is 3.82. The number of carbonyl (C=O) groups is 1. The van der Waals surface area contributed by atoms with E-state index in [1.54, 1.807) is 0 Å². The number of fused-ring (bicyclic) bond motifs is 1. The predicted octanol–water partition coefficient (Wildman–Crippen LogP) is 5.58. The van der Waals surface area contributed by atoms with E-state index < -0.39 is 0 Å². The lowest BCUT2D eigenvalue weighted by atomic mass is 9.95. The van der Waals surface area contributed by atoms with E-state index in [0.29, 0.717) is 28.4 Å². The van der Waals surface area contributed by atoms with E-state index in [-0.39, 0.29) is 11.8 Å². The van der Waals surface area contributed by atoms with E-state index >= 15 is 0 Å². The molecule has 1 saturated carbocycles. The Kier molecular flexibility index (Phi) is 6.37. The number of aromatic nitrogens is 2. The summed E-state index contributed by atoms with van der Waals surface area (Å²) >= 11 is 12.7. The smallest absolute Gasteiger partial charge is 0.223 e. The third kappa shape index (κ3) is 4.76. The van der Waals surface area contributed by atoms with Crippen LogP contribution in [0.5, 0.6) is 0 Å². The van der Waals surface area contributed by atoms with Crippen LogP contribution in [0.15, 0.2) is 36.4 Å². The fourth-order valence-electron chi connectivity index (χ4n) is 5.31. The van der Waals surface area contributed by atoms with E-state index in [2.05, 4.69) is 39.0 Å². The Hall–Kier alpha value is -2.28. The van der Waals surface area contributed by atoms with Gasteiger partial charge in [0.1, 0.15) is 0 Å². The lowest BCUT2D eigenvalue weighted by Crippen LogP contribution is -2.42. The van der Waals surface area contributed by atoms with Crippen LogP contribution in [0.4, 0.5) is 5.95 Å². The van der Waals surface area contributed by atoms with E-state index in [1.807, 2.05) is 12.1 Å². The highest BCUT2D eigenvalue weighted by molar-refractivity contribution is 6.42. The summed E-state index contributed by atoms with van der Waals surface area (Å²) in [6.07, 6.45) is 5.20. The van der Waals surface area contributed by atoms with Gasteiger partial charge in [0, 0.05) is 43.8 Å². The summed E-state index contributed by atoms with van der Waals surface area (Å²) in [7, 11) is 0. The number of amides is 1. The summed E-state index contributed by atoms with van der Waals surface area (Å²) in [4.78, 5) is 20.0. The van der Waals surface area contributed by atoms with Crippen molar-refractivity contribution in [1.29, 1.82) is 0 Å². The van der Waals surface area contributed by atoms with Crippen molar-refractivity contribution >= 4 is 46.1 Å². The van der Waals surface area contributed by atoms with Gasteiger partial charge in [-0.1, -0.05) is 35.3 Å². The molecule has 2 saturated heterocycles. The number of nitrogens with zero attached hydrogens (tertiary/aromatic N) is 3. The van der Waals surface area contributed by atoms with Crippen LogP contribution in [0.1, 0.15) is 43.6 Å². The molecule has 2 aliphatic heterocycles. The Bertz CT molecular complexity index is 1220. The Balaban J connectivity index is 1.23. The SMILES string of the molecule is O=C(NCC1CCOC1)C1CCN(c2nc3cc(Cl)c(Cl)cc3n2-c2ccc(C3CC3)cc2)CC1. The molecule has 1 N–H and O–H groups in total. The van der Waals surface area contributed by atoms with Crippen LogP contribution < -0.4 is 10.2 Å². The molecule has 1 aliphatic carbocycles. The van der Waals surface area contributed by atoms with Gasteiger partial charge in [-0.2, -0.15) is 0 Å². The number of rotatable bonds is 6. The van der Waals surface area contributed by atoms with E-state index in [4.69, 9.17) is 32.9 Å². The molecule has 184 valence electrons. The Morgan fingerprint density at radius 1 is 1.03 bits per heavy atom. The van der Waals surface area contributed by atoms with Crippen molar-refractivity contribution in [2.45, 2.75) is 38.0 Å². The lowest BCUT2D eigenvalue weighted by Gasteiger charge is -2.32. The maximum atomic E-state index is 12.8.